The Kier molecular flexibility index (Phi) is 5.91. The van der Waals surface area contributed by atoms with Crippen LogP contribution in [0.5, 0.6) is 0 Å². The van der Waals surface area contributed by atoms with E-state index in [0.717, 1.165) is 0 Å². The lowest BCUT2D eigenvalue weighted by molar-refractivity contribution is -0.134. The second kappa shape index (κ2) is 8.08. The fourth-order valence-electron chi connectivity index (χ4n) is 3.86. The summed E-state index contributed by atoms with van der Waals surface area (Å²) in [6, 6.07) is 2.55. The van der Waals surface area contributed by atoms with Gasteiger partial charge in [0.2, 0.25) is 11.8 Å². The van der Waals surface area contributed by atoms with Crippen molar-refractivity contribution in [2.75, 3.05) is 13.1 Å². The Morgan fingerprint density at radius 3 is 2.21 bits per heavy atom. The SMILES string of the molecule is CC(C)(C)OC(=O)N1CCC(c2cc(F)c(C3CCC(=O)NC3=O)c(F)c2)CC1. The number of likely N-dealkylation sites (tertiary alicyclic amines) is 1. The van der Waals surface area contributed by atoms with Crippen molar-refractivity contribution in [2.45, 2.75) is 63.9 Å². The molecule has 29 heavy (non-hydrogen) atoms. The van der Waals surface area contributed by atoms with Crippen molar-refractivity contribution in [3.8, 4) is 0 Å². The average Bonchev–Trinajstić information content (AvgIpc) is 2.61. The third-order valence-electron chi connectivity index (χ3n) is 5.31. The molecule has 2 aliphatic heterocycles. The number of carbonyl (C=O) groups is 3. The molecule has 6 nitrogen and oxygen atoms in total. The molecule has 158 valence electrons. The van der Waals surface area contributed by atoms with Gasteiger partial charge in [-0.15, -0.1) is 0 Å². The van der Waals surface area contributed by atoms with Crippen LogP contribution in [-0.2, 0) is 14.3 Å². The van der Waals surface area contributed by atoms with E-state index >= 15 is 0 Å². The van der Waals surface area contributed by atoms with E-state index < -0.39 is 35.0 Å². The summed E-state index contributed by atoms with van der Waals surface area (Å²) < 4.78 is 34.8. The van der Waals surface area contributed by atoms with Crippen LogP contribution in [0.4, 0.5) is 13.6 Å². The van der Waals surface area contributed by atoms with Gasteiger partial charge in [-0.3, -0.25) is 14.9 Å². The lowest BCUT2D eigenvalue weighted by Gasteiger charge is -2.33. The van der Waals surface area contributed by atoms with Gasteiger partial charge in [-0.2, -0.15) is 0 Å². The summed E-state index contributed by atoms with van der Waals surface area (Å²) in [5, 5.41) is 2.13. The predicted molar refractivity (Wildman–Crippen MR) is 101 cm³/mol. The summed E-state index contributed by atoms with van der Waals surface area (Å²) >= 11 is 0. The standard InChI is InChI=1S/C21H26F2N2O4/c1-21(2,3)29-20(28)25-8-6-12(7-9-25)13-10-15(22)18(16(23)11-13)14-4-5-17(26)24-19(14)27/h10-12,14H,4-9H2,1-3H3,(H,24,26,27). The molecule has 2 saturated heterocycles. The van der Waals surface area contributed by atoms with Crippen LogP contribution in [0, 0.1) is 11.6 Å². The number of hydrogen-bond acceptors (Lipinski definition) is 4. The molecule has 3 rings (SSSR count). The molecule has 2 fully saturated rings. The number of ether oxygens (including phenoxy) is 1. The number of piperidine rings is 2. The average molecular weight is 408 g/mol. The number of rotatable bonds is 2. The van der Waals surface area contributed by atoms with Crippen LogP contribution in [0.25, 0.3) is 0 Å². The lowest BCUT2D eigenvalue weighted by atomic mass is 9.85. The molecule has 0 saturated carbocycles. The van der Waals surface area contributed by atoms with Gasteiger partial charge in [-0.25, -0.2) is 13.6 Å². The monoisotopic (exact) mass is 408 g/mol. The van der Waals surface area contributed by atoms with Gasteiger partial charge in [0.05, 0.1) is 5.92 Å². The fourth-order valence-corrected chi connectivity index (χ4v) is 3.86. The first-order chi connectivity index (χ1) is 13.5. The molecule has 2 heterocycles. The topological polar surface area (TPSA) is 75.7 Å². The third-order valence-corrected chi connectivity index (χ3v) is 5.31. The maximum Gasteiger partial charge on any atom is 0.410 e. The summed E-state index contributed by atoms with van der Waals surface area (Å²) in [6.07, 6.45) is 0.888. The molecule has 0 radical (unpaired) electrons. The Balaban J connectivity index is 1.69. The zero-order valence-electron chi connectivity index (χ0n) is 16.9. The highest BCUT2D eigenvalue weighted by molar-refractivity contribution is 6.01. The Morgan fingerprint density at radius 1 is 1.10 bits per heavy atom. The van der Waals surface area contributed by atoms with Gasteiger partial charge in [0.1, 0.15) is 17.2 Å². The second-order valence-corrected chi connectivity index (χ2v) is 8.64. The van der Waals surface area contributed by atoms with Gasteiger partial charge in [0.15, 0.2) is 0 Å². The molecule has 1 atom stereocenters. The minimum absolute atomic E-state index is 0.0557. The van der Waals surface area contributed by atoms with Gasteiger partial charge in [0.25, 0.3) is 0 Å². The molecule has 1 aromatic rings. The van der Waals surface area contributed by atoms with Crippen molar-refractivity contribution >= 4 is 17.9 Å². The highest BCUT2D eigenvalue weighted by Gasteiger charge is 2.34. The van der Waals surface area contributed by atoms with E-state index in [1.165, 1.54) is 12.1 Å². The molecular formula is C21H26F2N2O4. The summed E-state index contributed by atoms with van der Waals surface area (Å²) in [5.41, 5.74) is -0.351. The number of nitrogens with one attached hydrogen (secondary N) is 1. The molecular weight excluding hydrogens is 382 g/mol. The van der Waals surface area contributed by atoms with E-state index in [1.807, 2.05) is 0 Å². The predicted octanol–water partition coefficient (Wildman–Crippen LogP) is 3.60. The van der Waals surface area contributed by atoms with Crippen LogP contribution in [0.3, 0.4) is 0 Å². The summed E-state index contributed by atoms with van der Waals surface area (Å²) in [7, 11) is 0. The third kappa shape index (κ3) is 4.92. The zero-order valence-corrected chi connectivity index (χ0v) is 16.9. The summed E-state index contributed by atoms with van der Waals surface area (Å²) in [4.78, 5) is 37.0. The van der Waals surface area contributed by atoms with Gasteiger partial charge in [-0.05, 0) is 63.6 Å². The van der Waals surface area contributed by atoms with E-state index in [4.69, 9.17) is 4.74 Å². The first kappa shape index (κ1) is 21.2. The Hall–Kier alpha value is -2.51. The highest BCUT2D eigenvalue weighted by Crippen LogP contribution is 2.34. The molecule has 8 heteroatoms. The molecule has 0 aromatic heterocycles. The van der Waals surface area contributed by atoms with Gasteiger partial charge in [-0.1, -0.05) is 0 Å². The maximum absolute atomic E-state index is 14.7. The smallest absolute Gasteiger partial charge is 0.410 e. The minimum Gasteiger partial charge on any atom is -0.444 e. The van der Waals surface area contributed by atoms with E-state index in [1.54, 1.807) is 25.7 Å². The first-order valence-corrected chi connectivity index (χ1v) is 9.85. The van der Waals surface area contributed by atoms with Crippen molar-refractivity contribution < 1.29 is 27.9 Å². The van der Waals surface area contributed by atoms with Gasteiger partial charge < -0.3 is 9.64 Å². The van der Waals surface area contributed by atoms with Crippen LogP contribution >= 0.6 is 0 Å². The Morgan fingerprint density at radius 2 is 1.69 bits per heavy atom. The largest absolute Gasteiger partial charge is 0.444 e. The van der Waals surface area contributed by atoms with Crippen molar-refractivity contribution in [3.05, 3.63) is 34.9 Å². The van der Waals surface area contributed by atoms with Crippen molar-refractivity contribution in [2.24, 2.45) is 0 Å². The van der Waals surface area contributed by atoms with Crippen LogP contribution in [0.2, 0.25) is 0 Å². The van der Waals surface area contributed by atoms with Gasteiger partial charge >= 0.3 is 6.09 Å². The first-order valence-electron chi connectivity index (χ1n) is 9.85. The van der Waals surface area contributed by atoms with E-state index in [9.17, 15) is 23.2 Å². The molecule has 0 bridgehead atoms. The summed E-state index contributed by atoms with van der Waals surface area (Å²) in [5.74, 6) is -3.74. The second-order valence-electron chi connectivity index (χ2n) is 8.64. The van der Waals surface area contributed by atoms with Crippen LogP contribution in [-0.4, -0.2) is 41.5 Å². The number of hydrogen-bond donors (Lipinski definition) is 1. The quantitative estimate of drug-likeness (QED) is 0.759. The number of benzene rings is 1. The van der Waals surface area contributed by atoms with Crippen molar-refractivity contribution in [1.82, 2.24) is 10.2 Å². The minimum atomic E-state index is -1.00. The zero-order chi connectivity index (χ0) is 21.3. The normalized spacial score (nSPS) is 21.1. The van der Waals surface area contributed by atoms with E-state index in [2.05, 4.69) is 5.32 Å². The Bertz CT molecular complexity index is 803. The number of nitrogens with zero attached hydrogens (tertiary/aromatic N) is 1. The number of amides is 3. The number of imide groups is 1. The molecule has 0 spiro atoms. The molecule has 1 unspecified atom stereocenters. The fraction of sp³-hybridized carbons (Fsp3) is 0.571. The van der Waals surface area contributed by atoms with E-state index in [-0.39, 0.29) is 30.4 Å². The molecule has 1 N–H and O–H groups in total. The Labute approximate surface area is 168 Å². The molecule has 0 aliphatic carbocycles. The molecule has 1 aromatic carbocycles. The molecule has 3 amide bonds. The summed E-state index contributed by atoms with van der Waals surface area (Å²) in [6.45, 7) is 6.28. The van der Waals surface area contributed by atoms with E-state index in [0.29, 0.717) is 31.5 Å². The maximum atomic E-state index is 14.7. The lowest BCUT2D eigenvalue weighted by Crippen LogP contribution is -2.41. The van der Waals surface area contributed by atoms with Crippen molar-refractivity contribution in [1.29, 1.82) is 0 Å². The molecule has 2 aliphatic rings. The van der Waals surface area contributed by atoms with Gasteiger partial charge in [0, 0.05) is 25.1 Å². The van der Waals surface area contributed by atoms with Crippen molar-refractivity contribution in [3.63, 3.8) is 0 Å². The highest BCUT2D eigenvalue weighted by atomic mass is 19.1. The van der Waals surface area contributed by atoms with Crippen LogP contribution in [0.15, 0.2) is 12.1 Å². The number of carbonyl (C=O) groups excluding carboxylic acids is 3. The van der Waals surface area contributed by atoms with Crippen LogP contribution < -0.4 is 5.32 Å². The number of halogens is 2. The van der Waals surface area contributed by atoms with Crippen LogP contribution in [0.1, 0.15) is 69.4 Å².